The van der Waals surface area contributed by atoms with Crippen LogP contribution in [0.4, 0.5) is 0 Å². The molecule has 0 aliphatic carbocycles. The molecular weight excluding hydrogens is 389 g/mol. The van der Waals surface area contributed by atoms with Gasteiger partial charge in [-0.25, -0.2) is 4.98 Å². The van der Waals surface area contributed by atoms with E-state index in [9.17, 15) is 4.79 Å². The fraction of sp³-hybridized carbons (Fsp3) is 0.474. The van der Waals surface area contributed by atoms with Crippen LogP contribution >= 0.6 is 36.2 Å². The van der Waals surface area contributed by atoms with E-state index in [4.69, 9.17) is 0 Å². The average molecular weight is 416 g/mol. The fourth-order valence-electron chi connectivity index (χ4n) is 3.03. The van der Waals surface area contributed by atoms with Crippen molar-refractivity contribution in [1.82, 2.24) is 15.6 Å². The second-order valence-corrected chi connectivity index (χ2v) is 7.40. The largest absolute Gasteiger partial charge is 0.356 e. The molecule has 2 heterocycles. The van der Waals surface area contributed by atoms with Crippen LogP contribution in [0, 0.1) is 12.8 Å². The number of thiazole rings is 1. The Balaban J connectivity index is 0.00000169. The molecule has 1 atom stereocenters. The Morgan fingerprint density at radius 2 is 2.08 bits per heavy atom. The smallest absolute Gasteiger partial charge is 0.226 e. The lowest BCUT2D eigenvalue weighted by Gasteiger charge is -2.22. The number of benzene rings is 1. The van der Waals surface area contributed by atoms with Crippen LogP contribution < -0.4 is 10.6 Å². The molecule has 4 nitrogen and oxygen atoms in total. The molecule has 7 heteroatoms. The monoisotopic (exact) mass is 415 g/mol. The molecule has 1 aliphatic heterocycles. The Morgan fingerprint density at radius 3 is 2.77 bits per heavy atom. The fourth-order valence-corrected chi connectivity index (χ4v) is 3.86. The van der Waals surface area contributed by atoms with Crippen LogP contribution in [0.2, 0.25) is 0 Å². The Morgan fingerprint density at radius 1 is 1.31 bits per heavy atom. The number of nitrogens with zero attached hydrogens (tertiary/aromatic N) is 1. The van der Waals surface area contributed by atoms with Crippen LogP contribution in [0.1, 0.15) is 30.5 Å². The first-order chi connectivity index (χ1) is 11.7. The minimum atomic E-state index is 0. The summed E-state index contributed by atoms with van der Waals surface area (Å²) in [6, 6.07) is 8.33. The number of amides is 1. The number of rotatable bonds is 6. The molecule has 1 amide bonds. The number of aromatic nitrogens is 1. The lowest BCUT2D eigenvalue weighted by Crippen LogP contribution is -2.33. The summed E-state index contributed by atoms with van der Waals surface area (Å²) < 4.78 is 0. The van der Waals surface area contributed by atoms with Gasteiger partial charge in [-0.3, -0.25) is 4.79 Å². The molecule has 1 fully saturated rings. The van der Waals surface area contributed by atoms with Crippen molar-refractivity contribution in [2.24, 2.45) is 5.92 Å². The van der Waals surface area contributed by atoms with E-state index in [1.165, 1.54) is 18.4 Å². The molecule has 1 aromatic carbocycles. The van der Waals surface area contributed by atoms with Gasteiger partial charge in [-0.05, 0) is 45.2 Å². The predicted octanol–water partition coefficient (Wildman–Crippen LogP) is 4.01. The van der Waals surface area contributed by atoms with Crippen LogP contribution in [-0.4, -0.2) is 30.5 Å². The Hall–Kier alpha value is -1.14. The molecule has 1 aliphatic rings. The molecule has 1 saturated heterocycles. The third kappa shape index (κ3) is 6.88. The first kappa shape index (κ1) is 22.9. The number of hydrogen-bond acceptors (Lipinski definition) is 4. The van der Waals surface area contributed by atoms with Gasteiger partial charge in [0.05, 0.1) is 12.1 Å². The molecule has 0 radical (unpaired) electrons. The molecule has 0 bridgehead atoms. The lowest BCUT2D eigenvalue weighted by atomic mass is 9.96. The van der Waals surface area contributed by atoms with Crippen LogP contribution in [0.15, 0.2) is 29.6 Å². The molecule has 0 spiro atoms. The van der Waals surface area contributed by atoms with Crippen molar-refractivity contribution < 1.29 is 4.79 Å². The first-order valence-electron chi connectivity index (χ1n) is 8.69. The van der Waals surface area contributed by atoms with Crippen LogP contribution in [0.25, 0.3) is 10.6 Å². The number of halogens is 2. The SMILES string of the molecule is Cc1ccc(-c2nc(CC(=O)NCCC3CCCNC3)cs2)cc1.Cl.Cl. The van der Waals surface area contributed by atoms with Gasteiger partial charge in [0.15, 0.2) is 0 Å². The Labute approximate surface area is 172 Å². The van der Waals surface area contributed by atoms with Gasteiger partial charge in [-0.1, -0.05) is 29.8 Å². The summed E-state index contributed by atoms with van der Waals surface area (Å²) in [6.07, 6.45) is 3.95. The third-order valence-electron chi connectivity index (χ3n) is 4.47. The molecule has 1 aromatic heterocycles. The average Bonchev–Trinajstić information content (AvgIpc) is 3.05. The zero-order chi connectivity index (χ0) is 16.8. The summed E-state index contributed by atoms with van der Waals surface area (Å²) in [5.74, 6) is 0.769. The van der Waals surface area contributed by atoms with Crippen molar-refractivity contribution in [3.05, 3.63) is 40.9 Å². The van der Waals surface area contributed by atoms with E-state index in [0.717, 1.165) is 42.3 Å². The van der Waals surface area contributed by atoms with Crippen molar-refractivity contribution in [3.63, 3.8) is 0 Å². The van der Waals surface area contributed by atoms with Crippen LogP contribution in [0.3, 0.4) is 0 Å². The minimum Gasteiger partial charge on any atom is -0.356 e. The summed E-state index contributed by atoms with van der Waals surface area (Å²) >= 11 is 1.60. The maximum absolute atomic E-state index is 12.1. The second kappa shape index (κ2) is 11.5. The van der Waals surface area contributed by atoms with Gasteiger partial charge >= 0.3 is 0 Å². The van der Waals surface area contributed by atoms with E-state index < -0.39 is 0 Å². The molecular formula is C19H27Cl2N3OS. The number of carbonyl (C=O) groups excluding carboxylic acids is 1. The zero-order valence-corrected chi connectivity index (χ0v) is 17.4. The number of aryl methyl sites for hydroxylation is 1. The minimum absolute atomic E-state index is 0. The molecule has 3 rings (SSSR count). The zero-order valence-electron chi connectivity index (χ0n) is 15.0. The lowest BCUT2D eigenvalue weighted by molar-refractivity contribution is -0.120. The summed E-state index contributed by atoms with van der Waals surface area (Å²) in [5, 5.41) is 9.41. The standard InChI is InChI=1S/C19H25N3OS.2ClH/c1-14-4-6-16(7-5-14)19-22-17(13-24-19)11-18(23)21-10-8-15-3-2-9-20-12-15;;/h4-7,13,15,20H,2-3,8-12H2,1H3,(H,21,23);2*1H. The maximum atomic E-state index is 12.1. The third-order valence-corrected chi connectivity index (χ3v) is 5.41. The van der Waals surface area contributed by atoms with Gasteiger partial charge in [0, 0.05) is 17.5 Å². The van der Waals surface area contributed by atoms with E-state index in [0.29, 0.717) is 12.3 Å². The quantitative estimate of drug-likeness (QED) is 0.748. The van der Waals surface area contributed by atoms with Crippen molar-refractivity contribution >= 4 is 42.1 Å². The maximum Gasteiger partial charge on any atom is 0.226 e. The molecule has 2 N–H and O–H groups in total. The van der Waals surface area contributed by atoms with Gasteiger partial charge in [0.1, 0.15) is 5.01 Å². The summed E-state index contributed by atoms with van der Waals surface area (Å²) in [7, 11) is 0. The van der Waals surface area contributed by atoms with Gasteiger partial charge in [0.2, 0.25) is 5.91 Å². The molecule has 0 saturated carbocycles. The second-order valence-electron chi connectivity index (χ2n) is 6.54. The van der Waals surface area contributed by atoms with Crippen LogP contribution in [-0.2, 0) is 11.2 Å². The number of piperidine rings is 1. The first-order valence-corrected chi connectivity index (χ1v) is 9.57. The van der Waals surface area contributed by atoms with E-state index in [2.05, 4.69) is 46.8 Å². The molecule has 2 aromatic rings. The summed E-state index contributed by atoms with van der Waals surface area (Å²) in [4.78, 5) is 16.7. The highest BCUT2D eigenvalue weighted by Crippen LogP contribution is 2.24. The number of hydrogen-bond donors (Lipinski definition) is 2. The van der Waals surface area contributed by atoms with E-state index in [1.54, 1.807) is 11.3 Å². The van der Waals surface area contributed by atoms with Gasteiger partial charge in [0.25, 0.3) is 0 Å². The van der Waals surface area contributed by atoms with Gasteiger partial charge < -0.3 is 10.6 Å². The molecule has 144 valence electrons. The highest BCUT2D eigenvalue weighted by Gasteiger charge is 2.13. The number of nitrogens with one attached hydrogen (secondary N) is 2. The molecule has 1 unspecified atom stereocenters. The van der Waals surface area contributed by atoms with Crippen LogP contribution in [0.5, 0.6) is 0 Å². The Kier molecular flexibility index (Phi) is 10.2. The highest BCUT2D eigenvalue weighted by molar-refractivity contribution is 7.13. The topological polar surface area (TPSA) is 54.0 Å². The highest BCUT2D eigenvalue weighted by atomic mass is 35.5. The normalized spacial score (nSPS) is 16.3. The van der Waals surface area contributed by atoms with E-state index in [-0.39, 0.29) is 30.7 Å². The summed E-state index contributed by atoms with van der Waals surface area (Å²) in [6.45, 7) is 5.06. The van der Waals surface area contributed by atoms with Crippen molar-refractivity contribution in [1.29, 1.82) is 0 Å². The Bertz CT molecular complexity index is 670. The van der Waals surface area contributed by atoms with Gasteiger partial charge in [-0.15, -0.1) is 36.2 Å². The van der Waals surface area contributed by atoms with Crippen molar-refractivity contribution in [2.75, 3.05) is 19.6 Å². The van der Waals surface area contributed by atoms with Gasteiger partial charge in [-0.2, -0.15) is 0 Å². The van der Waals surface area contributed by atoms with E-state index in [1.807, 2.05) is 5.38 Å². The van der Waals surface area contributed by atoms with Crippen molar-refractivity contribution in [3.8, 4) is 10.6 Å². The summed E-state index contributed by atoms with van der Waals surface area (Å²) in [5.41, 5.74) is 3.21. The van der Waals surface area contributed by atoms with E-state index >= 15 is 0 Å². The molecule has 26 heavy (non-hydrogen) atoms. The predicted molar refractivity (Wildman–Crippen MR) is 114 cm³/mol. The van der Waals surface area contributed by atoms with Crippen molar-refractivity contribution in [2.45, 2.75) is 32.6 Å². The number of carbonyl (C=O) groups is 1.